The number of methoxy groups -OCH3 is 1. The largest absolute Gasteiger partial charge is 0.497 e. The van der Waals surface area contributed by atoms with Gasteiger partial charge in [0.2, 0.25) is 0 Å². The quantitative estimate of drug-likeness (QED) is 0.772. The fourth-order valence-electron chi connectivity index (χ4n) is 2.16. The van der Waals surface area contributed by atoms with Crippen molar-refractivity contribution in [3.8, 4) is 5.75 Å². The highest BCUT2D eigenvalue weighted by atomic mass is 32.2. The Morgan fingerprint density at radius 1 is 1.11 bits per heavy atom. The van der Waals surface area contributed by atoms with Gasteiger partial charge < -0.3 is 4.74 Å². The van der Waals surface area contributed by atoms with E-state index < -0.39 is 0 Å². The third-order valence-electron chi connectivity index (χ3n) is 3.15. The summed E-state index contributed by atoms with van der Waals surface area (Å²) in [5, 5.41) is 0.320. The van der Waals surface area contributed by atoms with Crippen molar-refractivity contribution in [2.75, 3.05) is 13.4 Å². The first kappa shape index (κ1) is 13.8. The molecule has 0 saturated heterocycles. The maximum absolute atomic E-state index is 5.21. The van der Waals surface area contributed by atoms with Crippen LogP contribution in [-0.4, -0.2) is 13.4 Å². The first-order valence-electron chi connectivity index (χ1n) is 6.18. The molecule has 2 aromatic carbocycles. The Hall–Kier alpha value is -1.67. The van der Waals surface area contributed by atoms with E-state index in [-0.39, 0.29) is 0 Å². The summed E-state index contributed by atoms with van der Waals surface area (Å²) in [6.45, 7) is 3.90. The standard InChI is InChI=1S/C17H18OS/c1-4-13-7-5-6-8-16(13)17(19-3)14-9-11-15(18-2)12-10-14/h4-12,17H,1H2,2-3H3. The van der Waals surface area contributed by atoms with Crippen molar-refractivity contribution in [2.45, 2.75) is 5.25 Å². The Labute approximate surface area is 119 Å². The third kappa shape index (κ3) is 3.02. The Kier molecular flexibility index (Phi) is 4.69. The van der Waals surface area contributed by atoms with E-state index in [2.05, 4.69) is 43.2 Å². The molecule has 0 aliphatic carbocycles. The lowest BCUT2D eigenvalue weighted by molar-refractivity contribution is 0.414. The average Bonchev–Trinajstić information content (AvgIpc) is 2.49. The molecule has 2 aromatic rings. The van der Waals surface area contributed by atoms with Crippen LogP contribution in [0.3, 0.4) is 0 Å². The van der Waals surface area contributed by atoms with Crippen molar-refractivity contribution >= 4 is 17.8 Å². The highest BCUT2D eigenvalue weighted by Crippen LogP contribution is 2.36. The van der Waals surface area contributed by atoms with Crippen LogP contribution in [0.4, 0.5) is 0 Å². The molecule has 0 spiro atoms. The van der Waals surface area contributed by atoms with Crippen molar-refractivity contribution in [3.05, 3.63) is 71.8 Å². The summed E-state index contributed by atoms with van der Waals surface area (Å²) in [5.41, 5.74) is 3.77. The highest BCUT2D eigenvalue weighted by Gasteiger charge is 2.15. The van der Waals surface area contributed by atoms with Crippen molar-refractivity contribution in [1.29, 1.82) is 0 Å². The minimum absolute atomic E-state index is 0.320. The molecule has 0 N–H and O–H groups in total. The van der Waals surface area contributed by atoms with Crippen molar-refractivity contribution in [1.82, 2.24) is 0 Å². The van der Waals surface area contributed by atoms with Crippen LogP contribution in [0.15, 0.2) is 55.1 Å². The number of benzene rings is 2. The van der Waals surface area contributed by atoms with E-state index in [0.29, 0.717) is 5.25 Å². The Morgan fingerprint density at radius 3 is 2.37 bits per heavy atom. The second-order valence-electron chi connectivity index (χ2n) is 4.22. The van der Waals surface area contributed by atoms with E-state index in [1.54, 1.807) is 7.11 Å². The molecule has 1 nitrogen and oxygen atoms in total. The fourth-order valence-corrected chi connectivity index (χ4v) is 3.05. The van der Waals surface area contributed by atoms with Crippen molar-refractivity contribution in [2.24, 2.45) is 0 Å². The molecule has 0 aliphatic rings. The molecule has 0 radical (unpaired) electrons. The fraction of sp³-hybridized carbons (Fsp3) is 0.176. The molecule has 0 bridgehead atoms. The van der Waals surface area contributed by atoms with E-state index in [1.807, 2.05) is 36.0 Å². The van der Waals surface area contributed by atoms with Gasteiger partial charge >= 0.3 is 0 Å². The first-order valence-corrected chi connectivity index (χ1v) is 7.47. The maximum atomic E-state index is 5.21. The maximum Gasteiger partial charge on any atom is 0.118 e. The van der Waals surface area contributed by atoms with E-state index in [4.69, 9.17) is 4.74 Å². The molecule has 1 atom stereocenters. The number of hydrogen-bond acceptors (Lipinski definition) is 2. The summed E-state index contributed by atoms with van der Waals surface area (Å²) < 4.78 is 5.21. The minimum atomic E-state index is 0.320. The molecule has 0 fully saturated rings. The van der Waals surface area contributed by atoms with Crippen LogP contribution in [-0.2, 0) is 0 Å². The van der Waals surface area contributed by atoms with Crippen molar-refractivity contribution < 1.29 is 4.74 Å². The van der Waals surface area contributed by atoms with Gasteiger partial charge in [-0.2, -0.15) is 11.8 Å². The van der Waals surface area contributed by atoms with Crippen LogP contribution in [0.1, 0.15) is 21.9 Å². The van der Waals surface area contributed by atoms with Crippen LogP contribution < -0.4 is 4.74 Å². The van der Waals surface area contributed by atoms with Crippen LogP contribution in [0.25, 0.3) is 6.08 Å². The zero-order valence-electron chi connectivity index (χ0n) is 11.3. The van der Waals surface area contributed by atoms with E-state index in [0.717, 1.165) is 5.75 Å². The minimum Gasteiger partial charge on any atom is -0.497 e. The SMILES string of the molecule is C=Cc1ccccc1C(SC)c1ccc(OC)cc1. The highest BCUT2D eigenvalue weighted by molar-refractivity contribution is 7.99. The van der Waals surface area contributed by atoms with Gasteiger partial charge in [0.05, 0.1) is 12.4 Å². The van der Waals surface area contributed by atoms with Crippen LogP contribution in [0.2, 0.25) is 0 Å². The lowest BCUT2D eigenvalue weighted by atomic mass is 9.99. The van der Waals surface area contributed by atoms with Gasteiger partial charge in [-0.3, -0.25) is 0 Å². The van der Waals surface area contributed by atoms with Gasteiger partial charge in [0.1, 0.15) is 5.75 Å². The average molecular weight is 270 g/mol. The summed E-state index contributed by atoms with van der Waals surface area (Å²) in [6.07, 6.45) is 4.05. The number of hydrogen-bond donors (Lipinski definition) is 0. The molecule has 2 rings (SSSR count). The van der Waals surface area contributed by atoms with Gasteiger partial charge in [-0.1, -0.05) is 49.1 Å². The summed E-state index contributed by atoms with van der Waals surface area (Å²) in [5.74, 6) is 0.889. The van der Waals surface area contributed by atoms with Gasteiger partial charge in [-0.15, -0.1) is 0 Å². The molecule has 0 aromatic heterocycles. The number of ether oxygens (including phenoxy) is 1. The zero-order valence-corrected chi connectivity index (χ0v) is 12.1. The van der Waals surface area contributed by atoms with Crippen molar-refractivity contribution in [3.63, 3.8) is 0 Å². The predicted octanol–water partition coefficient (Wildman–Crippen LogP) is 4.79. The Balaban J connectivity index is 2.40. The lowest BCUT2D eigenvalue weighted by Gasteiger charge is -2.18. The molecule has 19 heavy (non-hydrogen) atoms. The van der Waals surface area contributed by atoms with E-state index in [9.17, 15) is 0 Å². The van der Waals surface area contributed by atoms with Gasteiger partial charge in [-0.05, 0) is 35.1 Å². The van der Waals surface area contributed by atoms with Crippen LogP contribution >= 0.6 is 11.8 Å². The first-order chi connectivity index (χ1) is 9.30. The smallest absolute Gasteiger partial charge is 0.118 e. The van der Waals surface area contributed by atoms with Gasteiger partial charge in [-0.25, -0.2) is 0 Å². The summed E-state index contributed by atoms with van der Waals surface area (Å²) in [4.78, 5) is 0. The van der Waals surface area contributed by atoms with Gasteiger partial charge in [0.25, 0.3) is 0 Å². The third-order valence-corrected chi connectivity index (χ3v) is 4.15. The molecular weight excluding hydrogens is 252 g/mol. The summed E-state index contributed by atoms with van der Waals surface area (Å²) in [6, 6.07) is 16.7. The molecule has 98 valence electrons. The molecule has 0 amide bonds. The van der Waals surface area contributed by atoms with Crippen LogP contribution in [0, 0.1) is 0 Å². The zero-order chi connectivity index (χ0) is 13.7. The van der Waals surface area contributed by atoms with Crippen LogP contribution in [0.5, 0.6) is 5.75 Å². The topological polar surface area (TPSA) is 9.23 Å². The molecule has 1 unspecified atom stereocenters. The second-order valence-corrected chi connectivity index (χ2v) is 5.16. The number of thioether (sulfide) groups is 1. The summed E-state index contributed by atoms with van der Waals surface area (Å²) >= 11 is 1.83. The second kappa shape index (κ2) is 6.48. The monoisotopic (exact) mass is 270 g/mol. The molecule has 0 heterocycles. The van der Waals surface area contributed by atoms with Gasteiger partial charge in [0.15, 0.2) is 0 Å². The molecule has 2 heteroatoms. The van der Waals surface area contributed by atoms with E-state index in [1.165, 1.54) is 16.7 Å². The molecular formula is C17H18OS. The normalized spacial score (nSPS) is 11.9. The Morgan fingerprint density at radius 2 is 1.79 bits per heavy atom. The predicted molar refractivity (Wildman–Crippen MR) is 84.9 cm³/mol. The van der Waals surface area contributed by atoms with Gasteiger partial charge in [0, 0.05) is 0 Å². The lowest BCUT2D eigenvalue weighted by Crippen LogP contribution is -1.98. The number of rotatable bonds is 5. The molecule has 0 saturated carbocycles. The molecule has 0 aliphatic heterocycles. The summed E-state index contributed by atoms with van der Waals surface area (Å²) in [7, 11) is 1.69. The Bertz CT molecular complexity index is 545. The van der Waals surface area contributed by atoms with E-state index >= 15 is 0 Å².